The molecule has 1 rings (SSSR count). The van der Waals surface area contributed by atoms with Crippen molar-refractivity contribution in [1.29, 1.82) is 0 Å². The Morgan fingerprint density at radius 2 is 1.88 bits per heavy atom. The number of halogens is 1. The van der Waals surface area contributed by atoms with Crippen LogP contribution in [-0.4, -0.2) is 32.5 Å². The summed E-state index contributed by atoms with van der Waals surface area (Å²) in [5.41, 5.74) is 0. The van der Waals surface area contributed by atoms with Crippen LogP contribution in [0.2, 0.25) is 0 Å². The maximum Gasteiger partial charge on any atom is 0.423 e. The topological polar surface area (TPSA) is 63.7 Å². The Kier molecular flexibility index (Phi) is 4.53. The van der Waals surface area contributed by atoms with E-state index in [4.69, 9.17) is 0 Å². The molecule has 0 N–H and O–H groups in total. The van der Waals surface area contributed by atoms with Crippen LogP contribution in [0.3, 0.4) is 0 Å². The number of nitrogens with zero attached hydrogens (tertiary/aromatic N) is 1. The predicted octanol–water partition coefficient (Wildman–Crippen LogP) is 2.23. The van der Waals surface area contributed by atoms with Crippen molar-refractivity contribution in [2.24, 2.45) is 0 Å². The molecular formula is C10H12BrNO4S. The van der Waals surface area contributed by atoms with Crippen LogP contribution in [0.25, 0.3) is 0 Å². The zero-order chi connectivity index (χ0) is 13.1. The molecule has 0 aliphatic carbocycles. The molecule has 17 heavy (non-hydrogen) atoms. The number of hydrogen-bond donors (Lipinski definition) is 0. The van der Waals surface area contributed by atoms with Crippen molar-refractivity contribution in [3.63, 3.8) is 0 Å². The maximum absolute atomic E-state index is 12.0. The minimum Gasteiger partial charge on any atom is -0.449 e. The number of rotatable bonds is 3. The lowest BCUT2D eigenvalue weighted by Crippen LogP contribution is -2.33. The van der Waals surface area contributed by atoms with E-state index in [1.165, 1.54) is 12.1 Å². The Morgan fingerprint density at radius 1 is 1.35 bits per heavy atom. The predicted molar refractivity (Wildman–Crippen MR) is 66.1 cm³/mol. The number of benzene rings is 1. The van der Waals surface area contributed by atoms with Gasteiger partial charge in [0.05, 0.1) is 11.5 Å². The molecule has 1 aromatic carbocycles. The van der Waals surface area contributed by atoms with E-state index in [1.54, 1.807) is 19.1 Å². The fourth-order valence-electron chi connectivity index (χ4n) is 1.08. The summed E-state index contributed by atoms with van der Waals surface area (Å²) in [7, 11) is -2.68. The molecule has 0 atom stereocenters. The lowest BCUT2D eigenvalue weighted by Gasteiger charge is -2.16. The van der Waals surface area contributed by atoms with Crippen LogP contribution in [-0.2, 0) is 14.8 Å². The van der Waals surface area contributed by atoms with E-state index < -0.39 is 16.1 Å². The van der Waals surface area contributed by atoms with Gasteiger partial charge in [0.1, 0.15) is 0 Å². The molecule has 0 saturated heterocycles. The minimum absolute atomic E-state index is 0.0382. The highest BCUT2D eigenvalue weighted by Crippen LogP contribution is 2.18. The lowest BCUT2D eigenvalue weighted by molar-refractivity contribution is 0.136. The Hall–Kier alpha value is -1.08. The van der Waals surface area contributed by atoms with E-state index in [2.05, 4.69) is 20.7 Å². The molecule has 0 unspecified atom stereocenters. The fourth-order valence-corrected chi connectivity index (χ4v) is 2.39. The molecule has 0 aliphatic heterocycles. The standard InChI is InChI=1S/C10H12BrNO4S/c1-3-16-10(13)12(2)17(14,15)9-6-4-8(11)5-7-9/h4-7H,3H2,1-2H3. The summed E-state index contributed by atoms with van der Waals surface area (Å²) >= 11 is 3.20. The molecule has 0 fully saturated rings. The first-order valence-electron chi connectivity index (χ1n) is 4.81. The third-order valence-corrected chi connectivity index (χ3v) is 4.26. The van der Waals surface area contributed by atoms with E-state index >= 15 is 0 Å². The summed E-state index contributed by atoms with van der Waals surface area (Å²) in [4.78, 5) is 11.4. The van der Waals surface area contributed by atoms with Gasteiger partial charge >= 0.3 is 6.09 Å². The van der Waals surface area contributed by atoms with Gasteiger partial charge in [-0.05, 0) is 31.2 Å². The second kappa shape index (κ2) is 5.50. The number of hydrogen-bond acceptors (Lipinski definition) is 4. The summed E-state index contributed by atoms with van der Waals surface area (Å²) < 4.78 is 29.9. The summed E-state index contributed by atoms with van der Waals surface area (Å²) in [5, 5.41) is 0. The smallest absolute Gasteiger partial charge is 0.423 e. The number of carbonyl (C=O) groups excluding carboxylic acids is 1. The summed E-state index contributed by atoms with van der Waals surface area (Å²) in [6, 6.07) is 6.00. The fraction of sp³-hybridized carbons (Fsp3) is 0.300. The summed E-state index contributed by atoms with van der Waals surface area (Å²) in [6.45, 7) is 1.73. The van der Waals surface area contributed by atoms with Gasteiger partial charge in [0.25, 0.3) is 10.0 Å². The minimum atomic E-state index is -3.84. The van der Waals surface area contributed by atoms with Gasteiger partial charge in [-0.2, -0.15) is 0 Å². The average molecular weight is 322 g/mol. The van der Waals surface area contributed by atoms with Crippen molar-refractivity contribution in [3.05, 3.63) is 28.7 Å². The molecule has 7 heteroatoms. The van der Waals surface area contributed by atoms with Crippen LogP contribution < -0.4 is 0 Å². The first-order chi connectivity index (χ1) is 7.89. The molecule has 0 aromatic heterocycles. The monoisotopic (exact) mass is 321 g/mol. The molecule has 0 spiro atoms. The molecule has 0 aliphatic rings. The SMILES string of the molecule is CCOC(=O)N(C)S(=O)(=O)c1ccc(Br)cc1. The van der Waals surface area contributed by atoms with Gasteiger partial charge in [0.15, 0.2) is 0 Å². The molecule has 5 nitrogen and oxygen atoms in total. The van der Waals surface area contributed by atoms with Crippen LogP contribution in [0, 0.1) is 0 Å². The summed E-state index contributed by atoms with van der Waals surface area (Å²) in [5.74, 6) is 0. The third kappa shape index (κ3) is 3.19. The molecule has 0 heterocycles. The highest BCUT2D eigenvalue weighted by atomic mass is 79.9. The van der Waals surface area contributed by atoms with Crippen LogP contribution >= 0.6 is 15.9 Å². The van der Waals surface area contributed by atoms with Crippen molar-refractivity contribution < 1.29 is 17.9 Å². The van der Waals surface area contributed by atoms with Crippen molar-refractivity contribution in [2.45, 2.75) is 11.8 Å². The van der Waals surface area contributed by atoms with Crippen LogP contribution in [0.1, 0.15) is 6.92 Å². The zero-order valence-corrected chi connectivity index (χ0v) is 11.8. The number of amides is 1. The Bertz CT molecular complexity index is 498. The van der Waals surface area contributed by atoms with Gasteiger partial charge in [-0.25, -0.2) is 17.5 Å². The largest absolute Gasteiger partial charge is 0.449 e. The number of carbonyl (C=O) groups is 1. The Balaban J connectivity index is 3.03. The molecular weight excluding hydrogens is 310 g/mol. The van der Waals surface area contributed by atoms with Crippen LogP contribution in [0.15, 0.2) is 33.6 Å². The molecule has 94 valence electrons. The van der Waals surface area contributed by atoms with E-state index in [9.17, 15) is 13.2 Å². The van der Waals surface area contributed by atoms with E-state index in [-0.39, 0.29) is 11.5 Å². The second-order valence-corrected chi connectivity index (χ2v) is 6.01. The molecule has 0 bridgehead atoms. The number of ether oxygens (including phenoxy) is 1. The van der Waals surface area contributed by atoms with Gasteiger partial charge in [0.2, 0.25) is 0 Å². The van der Waals surface area contributed by atoms with Crippen LogP contribution in [0.5, 0.6) is 0 Å². The van der Waals surface area contributed by atoms with E-state index in [0.29, 0.717) is 4.31 Å². The second-order valence-electron chi connectivity index (χ2n) is 3.13. The van der Waals surface area contributed by atoms with Crippen molar-refractivity contribution in [3.8, 4) is 0 Å². The van der Waals surface area contributed by atoms with Gasteiger partial charge in [-0.1, -0.05) is 15.9 Å². The first-order valence-corrected chi connectivity index (χ1v) is 7.04. The van der Waals surface area contributed by atoms with E-state index in [1.807, 2.05) is 0 Å². The molecule has 1 amide bonds. The van der Waals surface area contributed by atoms with Gasteiger partial charge in [0, 0.05) is 11.5 Å². The van der Waals surface area contributed by atoms with Gasteiger partial charge in [-0.3, -0.25) is 0 Å². The normalized spacial score (nSPS) is 11.0. The summed E-state index contributed by atoms with van der Waals surface area (Å²) in [6.07, 6.45) is -0.893. The van der Waals surface area contributed by atoms with Crippen LogP contribution in [0.4, 0.5) is 4.79 Å². The van der Waals surface area contributed by atoms with Crippen molar-refractivity contribution in [1.82, 2.24) is 4.31 Å². The molecule has 0 radical (unpaired) electrons. The first kappa shape index (κ1) is 14.0. The Labute approximate surface area is 109 Å². The highest BCUT2D eigenvalue weighted by molar-refractivity contribution is 9.10. The van der Waals surface area contributed by atoms with E-state index in [0.717, 1.165) is 11.5 Å². The Morgan fingerprint density at radius 3 is 2.35 bits per heavy atom. The van der Waals surface area contributed by atoms with Gasteiger partial charge in [-0.15, -0.1) is 0 Å². The van der Waals surface area contributed by atoms with Crippen molar-refractivity contribution >= 4 is 32.0 Å². The maximum atomic E-state index is 12.0. The lowest BCUT2D eigenvalue weighted by atomic mass is 10.4. The average Bonchev–Trinajstić information content (AvgIpc) is 2.29. The zero-order valence-electron chi connectivity index (χ0n) is 9.38. The van der Waals surface area contributed by atoms with Crippen molar-refractivity contribution in [2.75, 3.05) is 13.7 Å². The number of sulfonamides is 1. The quantitative estimate of drug-likeness (QED) is 0.856. The highest BCUT2D eigenvalue weighted by Gasteiger charge is 2.26. The van der Waals surface area contributed by atoms with Gasteiger partial charge < -0.3 is 4.74 Å². The molecule has 0 saturated carbocycles. The third-order valence-electron chi connectivity index (χ3n) is 2.00. The molecule has 1 aromatic rings.